The van der Waals surface area contributed by atoms with Crippen molar-refractivity contribution in [2.45, 2.75) is 13.3 Å². The first-order valence-electron chi connectivity index (χ1n) is 7.68. The SMILES string of the molecule is Cc1onc(-c2ccccc2Cl)c1C(=O)N=C1CC(=O)N(C)C(=O)N1C. The fourth-order valence-corrected chi connectivity index (χ4v) is 2.79. The number of nitrogens with zero attached hydrogens (tertiary/aromatic N) is 4. The molecular formula is C17H15ClN4O4. The maximum atomic E-state index is 12.7. The molecule has 134 valence electrons. The molecular weight excluding hydrogens is 360 g/mol. The molecule has 0 spiro atoms. The summed E-state index contributed by atoms with van der Waals surface area (Å²) in [6.07, 6.45) is -0.157. The number of aryl methyl sites for hydroxylation is 1. The van der Waals surface area contributed by atoms with Gasteiger partial charge in [0.15, 0.2) is 0 Å². The van der Waals surface area contributed by atoms with Gasteiger partial charge >= 0.3 is 6.03 Å². The molecule has 26 heavy (non-hydrogen) atoms. The second kappa shape index (κ2) is 6.72. The average molecular weight is 375 g/mol. The summed E-state index contributed by atoms with van der Waals surface area (Å²) >= 11 is 6.18. The number of carbonyl (C=O) groups excluding carboxylic acids is 3. The number of urea groups is 1. The van der Waals surface area contributed by atoms with Crippen LogP contribution in [0, 0.1) is 6.92 Å². The molecule has 0 atom stereocenters. The van der Waals surface area contributed by atoms with Crippen molar-refractivity contribution in [1.82, 2.24) is 15.0 Å². The molecule has 0 radical (unpaired) electrons. The highest BCUT2D eigenvalue weighted by atomic mass is 35.5. The lowest BCUT2D eigenvalue weighted by Gasteiger charge is -2.29. The van der Waals surface area contributed by atoms with Crippen LogP contribution in [-0.2, 0) is 4.79 Å². The van der Waals surface area contributed by atoms with Crippen LogP contribution >= 0.6 is 11.6 Å². The Morgan fingerprint density at radius 1 is 1.23 bits per heavy atom. The number of imide groups is 1. The largest absolute Gasteiger partial charge is 0.360 e. The summed E-state index contributed by atoms with van der Waals surface area (Å²) in [5, 5.41) is 4.32. The average Bonchev–Trinajstić information content (AvgIpc) is 2.99. The van der Waals surface area contributed by atoms with E-state index >= 15 is 0 Å². The van der Waals surface area contributed by atoms with Gasteiger partial charge in [0.25, 0.3) is 5.91 Å². The van der Waals surface area contributed by atoms with Crippen LogP contribution in [0.4, 0.5) is 4.79 Å². The Kier molecular flexibility index (Phi) is 4.60. The quantitative estimate of drug-likeness (QED) is 0.805. The lowest BCUT2D eigenvalue weighted by atomic mass is 10.1. The molecule has 3 rings (SSSR count). The van der Waals surface area contributed by atoms with Gasteiger partial charge in [0.2, 0.25) is 5.91 Å². The third-order valence-electron chi connectivity index (χ3n) is 4.08. The molecule has 2 aromatic rings. The Balaban J connectivity index is 2.02. The number of benzene rings is 1. The van der Waals surface area contributed by atoms with Crippen LogP contribution < -0.4 is 0 Å². The Morgan fingerprint density at radius 3 is 2.62 bits per heavy atom. The van der Waals surface area contributed by atoms with Crippen molar-refractivity contribution in [3.8, 4) is 11.3 Å². The summed E-state index contributed by atoms with van der Waals surface area (Å²) < 4.78 is 5.15. The number of hydrogen-bond donors (Lipinski definition) is 0. The van der Waals surface area contributed by atoms with Crippen LogP contribution in [0.2, 0.25) is 5.02 Å². The van der Waals surface area contributed by atoms with Crippen molar-refractivity contribution in [3.05, 3.63) is 40.6 Å². The number of aliphatic imine (C=N–C) groups is 1. The molecule has 0 N–H and O–H groups in total. The Bertz CT molecular complexity index is 950. The molecule has 1 saturated heterocycles. The lowest BCUT2D eigenvalue weighted by molar-refractivity contribution is -0.127. The highest BCUT2D eigenvalue weighted by Crippen LogP contribution is 2.31. The van der Waals surface area contributed by atoms with Crippen LogP contribution in [0.25, 0.3) is 11.3 Å². The summed E-state index contributed by atoms with van der Waals surface area (Å²) in [6.45, 7) is 1.58. The Morgan fingerprint density at radius 2 is 1.92 bits per heavy atom. The highest BCUT2D eigenvalue weighted by molar-refractivity contribution is 6.33. The van der Waals surface area contributed by atoms with E-state index in [0.29, 0.717) is 10.6 Å². The van der Waals surface area contributed by atoms with Gasteiger partial charge in [-0.25, -0.2) is 4.79 Å². The van der Waals surface area contributed by atoms with Crippen molar-refractivity contribution in [1.29, 1.82) is 0 Å². The number of halogens is 1. The van der Waals surface area contributed by atoms with Crippen molar-refractivity contribution >= 4 is 35.3 Å². The third kappa shape index (κ3) is 2.99. The predicted octanol–water partition coefficient (Wildman–Crippen LogP) is 2.76. The van der Waals surface area contributed by atoms with Gasteiger partial charge in [-0.05, 0) is 13.0 Å². The minimum Gasteiger partial charge on any atom is -0.360 e. The van der Waals surface area contributed by atoms with Crippen LogP contribution in [0.1, 0.15) is 22.5 Å². The van der Waals surface area contributed by atoms with Gasteiger partial charge in [-0.3, -0.25) is 19.4 Å². The summed E-state index contributed by atoms with van der Waals surface area (Å²) in [7, 11) is 2.83. The summed E-state index contributed by atoms with van der Waals surface area (Å²) in [5.74, 6) is -0.769. The molecule has 0 saturated carbocycles. The van der Waals surface area contributed by atoms with Gasteiger partial charge in [-0.15, -0.1) is 0 Å². The molecule has 4 amide bonds. The van der Waals surface area contributed by atoms with Gasteiger partial charge in [0, 0.05) is 19.7 Å². The second-order valence-electron chi connectivity index (χ2n) is 5.75. The molecule has 0 unspecified atom stereocenters. The van der Waals surface area contributed by atoms with Gasteiger partial charge < -0.3 is 4.52 Å². The molecule has 9 heteroatoms. The normalized spacial score (nSPS) is 16.5. The number of hydrogen-bond acceptors (Lipinski definition) is 5. The predicted molar refractivity (Wildman–Crippen MR) is 94.0 cm³/mol. The van der Waals surface area contributed by atoms with Crippen molar-refractivity contribution in [2.75, 3.05) is 14.1 Å². The van der Waals surface area contributed by atoms with Crippen LogP contribution in [0.15, 0.2) is 33.8 Å². The molecule has 1 aromatic carbocycles. The number of amides is 4. The summed E-state index contributed by atoms with van der Waals surface area (Å²) in [4.78, 5) is 42.7. The van der Waals surface area contributed by atoms with E-state index in [1.165, 1.54) is 14.1 Å². The van der Waals surface area contributed by atoms with Crippen molar-refractivity contribution < 1.29 is 18.9 Å². The Hall–Kier alpha value is -3.00. The van der Waals surface area contributed by atoms with Gasteiger partial charge in [0.05, 0.1) is 11.4 Å². The third-order valence-corrected chi connectivity index (χ3v) is 4.41. The van der Waals surface area contributed by atoms with Crippen LogP contribution in [0.5, 0.6) is 0 Å². The van der Waals surface area contributed by atoms with E-state index in [0.717, 1.165) is 9.80 Å². The molecule has 0 bridgehead atoms. The first kappa shape index (κ1) is 17.8. The number of aromatic nitrogens is 1. The Labute approximate surface area is 154 Å². The molecule has 1 aliphatic heterocycles. The summed E-state index contributed by atoms with van der Waals surface area (Å²) in [6, 6.07) is 6.33. The second-order valence-corrected chi connectivity index (χ2v) is 6.15. The minimum atomic E-state index is -0.661. The van der Waals surface area contributed by atoms with E-state index in [4.69, 9.17) is 16.1 Å². The molecule has 8 nitrogen and oxygen atoms in total. The lowest BCUT2D eigenvalue weighted by Crippen LogP contribution is -2.51. The van der Waals surface area contributed by atoms with E-state index in [1.54, 1.807) is 31.2 Å². The number of carbonyl (C=O) groups is 3. The van der Waals surface area contributed by atoms with E-state index < -0.39 is 17.8 Å². The number of amidine groups is 1. The zero-order chi connectivity index (χ0) is 19.0. The van der Waals surface area contributed by atoms with Gasteiger partial charge in [-0.1, -0.05) is 35.0 Å². The van der Waals surface area contributed by atoms with Gasteiger partial charge in [0.1, 0.15) is 22.9 Å². The van der Waals surface area contributed by atoms with Crippen LogP contribution in [-0.4, -0.2) is 52.7 Å². The number of rotatable bonds is 2. The molecule has 1 aromatic heterocycles. The highest BCUT2D eigenvalue weighted by Gasteiger charge is 2.33. The fraction of sp³-hybridized carbons (Fsp3) is 0.235. The van der Waals surface area contributed by atoms with E-state index in [9.17, 15) is 14.4 Å². The van der Waals surface area contributed by atoms with Gasteiger partial charge in [-0.2, -0.15) is 4.99 Å². The summed E-state index contributed by atoms with van der Waals surface area (Å²) in [5.41, 5.74) is 0.923. The van der Waals surface area contributed by atoms with Crippen molar-refractivity contribution in [2.24, 2.45) is 4.99 Å². The zero-order valence-corrected chi connectivity index (χ0v) is 15.1. The maximum absolute atomic E-state index is 12.7. The molecule has 1 fully saturated rings. The monoisotopic (exact) mass is 374 g/mol. The topological polar surface area (TPSA) is 96.1 Å². The zero-order valence-electron chi connectivity index (χ0n) is 14.3. The first-order chi connectivity index (χ1) is 12.3. The smallest absolute Gasteiger partial charge is 0.331 e. The maximum Gasteiger partial charge on any atom is 0.331 e. The first-order valence-corrected chi connectivity index (χ1v) is 8.06. The molecule has 2 heterocycles. The van der Waals surface area contributed by atoms with E-state index in [2.05, 4.69) is 10.1 Å². The standard InChI is InChI=1S/C17H15ClN4O4/c1-9-14(15(20-26-9)10-6-4-5-7-11(10)18)16(24)19-12-8-13(23)22(3)17(25)21(12)2/h4-7H,8H2,1-3H3. The van der Waals surface area contributed by atoms with Crippen LogP contribution in [0.3, 0.4) is 0 Å². The van der Waals surface area contributed by atoms with Crippen molar-refractivity contribution in [3.63, 3.8) is 0 Å². The fourth-order valence-electron chi connectivity index (χ4n) is 2.56. The molecule has 1 aliphatic rings. The van der Waals surface area contributed by atoms with E-state index in [1.807, 2.05) is 0 Å². The van der Waals surface area contributed by atoms with E-state index in [-0.39, 0.29) is 29.3 Å². The molecule has 0 aliphatic carbocycles. The minimum absolute atomic E-state index is 0.0637.